The number of nitrogens with zero attached hydrogens (tertiary/aromatic N) is 1. The van der Waals surface area contributed by atoms with Crippen LogP contribution in [-0.2, 0) is 27.4 Å². The fourth-order valence-corrected chi connectivity index (χ4v) is 7.64. The van der Waals surface area contributed by atoms with Crippen LogP contribution in [0.5, 0.6) is 0 Å². The highest BCUT2D eigenvalue weighted by Gasteiger charge is 2.33. The molecular formula is C34H40F3N3O3S. The van der Waals surface area contributed by atoms with Gasteiger partial charge in [0.15, 0.2) is 0 Å². The number of carbonyl (C=O) groups excluding carboxylic acids is 1. The summed E-state index contributed by atoms with van der Waals surface area (Å²) in [4.78, 5) is 15.4. The second kappa shape index (κ2) is 13.8. The molecule has 1 unspecified atom stereocenters. The summed E-state index contributed by atoms with van der Waals surface area (Å²) in [7, 11) is -4.38. The maximum Gasteiger partial charge on any atom is 0.416 e. The Hall–Kier alpha value is -3.21. The van der Waals surface area contributed by atoms with E-state index >= 15 is 0 Å². The van der Waals surface area contributed by atoms with Crippen molar-refractivity contribution < 1.29 is 26.4 Å². The van der Waals surface area contributed by atoms with Crippen LogP contribution in [0.3, 0.4) is 0 Å². The number of piperidine rings is 1. The Balaban J connectivity index is 1.29. The van der Waals surface area contributed by atoms with Crippen LogP contribution in [0.1, 0.15) is 91.3 Å². The van der Waals surface area contributed by atoms with Crippen LogP contribution in [0.15, 0.2) is 77.7 Å². The number of hydrogen-bond acceptors (Lipinski definition) is 4. The Bertz CT molecular complexity index is 1540. The maximum atomic E-state index is 13.4. The van der Waals surface area contributed by atoms with Gasteiger partial charge in [0, 0.05) is 13.0 Å². The summed E-state index contributed by atoms with van der Waals surface area (Å²) in [5.41, 5.74) is 3.09. The Kier molecular flexibility index (Phi) is 10.1. The number of nitrogens with one attached hydrogen (secondary N) is 2. The van der Waals surface area contributed by atoms with Crippen LogP contribution < -0.4 is 10.0 Å². The standard InChI is InChI=1S/C34H40F3N3O3S/c1-24(23-40-18-6-3-7-19-40)26-16-17-30-27(20-26)12-8-15-31(30)38-33(41)22-32(25-10-4-2-5-11-25)39-44(42,43)29-14-9-13-28(21-29)34(35,36)37/h2,4-5,9-11,13-14,16-17,20-21,24,31-32,39H,3,6-8,12,15,18-19,22-23H2,1H3,(H,38,41)/t24-,31-,32?/m1/s1. The van der Waals surface area contributed by atoms with Crippen LogP contribution in [-0.4, -0.2) is 38.9 Å². The van der Waals surface area contributed by atoms with Gasteiger partial charge in [0.2, 0.25) is 15.9 Å². The number of rotatable bonds is 10. The van der Waals surface area contributed by atoms with Crippen molar-refractivity contribution in [3.05, 3.63) is 101 Å². The highest BCUT2D eigenvalue weighted by atomic mass is 32.2. The summed E-state index contributed by atoms with van der Waals surface area (Å²) >= 11 is 0. The molecule has 3 atom stereocenters. The summed E-state index contributed by atoms with van der Waals surface area (Å²) in [6.45, 7) is 5.62. The molecule has 1 fully saturated rings. The van der Waals surface area contributed by atoms with Gasteiger partial charge in [0.05, 0.1) is 22.5 Å². The molecule has 0 spiro atoms. The van der Waals surface area contributed by atoms with Gasteiger partial charge in [-0.3, -0.25) is 4.79 Å². The Morgan fingerprint density at radius 3 is 2.41 bits per heavy atom. The second-order valence-electron chi connectivity index (χ2n) is 12.0. The summed E-state index contributed by atoms with van der Waals surface area (Å²) in [6, 6.07) is 17.6. The predicted octanol–water partition coefficient (Wildman–Crippen LogP) is 6.90. The van der Waals surface area contributed by atoms with E-state index in [9.17, 15) is 26.4 Å². The molecule has 0 saturated carbocycles. The molecule has 5 rings (SSSR count). The van der Waals surface area contributed by atoms with E-state index in [0.717, 1.165) is 62.7 Å². The zero-order valence-corrected chi connectivity index (χ0v) is 25.8. The van der Waals surface area contributed by atoms with Gasteiger partial charge in [-0.15, -0.1) is 0 Å². The molecule has 1 saturated heterocycles. The van der Waals surface area contributed by atoms with Gasteiger partial charge in [-0.05, 0) is 91.6 Å². The predicted molar refractivity (Wildman–Crippen MR) is 165 cm³/mol. The third kappa shape index (κ3) is 8.08. The number of likely N-dealkylation sites (tertiary alicyclic amines) is 1. The molecular weight excluding hydrogens is 587 g/mol. The highest BCUT2D eigenvalue weighted by molar-refractivity contribution is 7.89. The SMILES string of the molecule is C[C@H](CN1CCCCC1)c1ccc2c(c1)CCC[C@H]2NC(=O)CC(NS(=O)(=O)c1cccc(C(F)(F)F)c1)c1ccccc1. The Labute approximate surface area is 258 Å². The van der Waals surface area contributed by atoms with Crippen LogP contribution in [0.2, 0.25) is 0 Å². The number of hydrogen-bond donors (Lipinski definition) is 2. The van der Waals surface area contributed by atoms with Crippen molar-refractivity contribution in [3.63, 3.8) is 0 Å². The monoisotopic (exact) mass is 627 g/mol. The summed E-state index contributed by atoms with van der Waals surface area (Å²) < 4.78 is 68.8. The van der Waals surface area contributed by atoms with Crippen molar-refractivity contribution in [2.45, 2.75) is 80.9 Å². The molecule has 236 valence electrons. The van der Waals surface area contributed by atoms with Gasteiger partial charge in [0.1, 0.15) is 0 Å². The molecule has 1 aliphatic heterocycles. The second-order valence-corrected chi connectivity index (χ2v) is 13.8. The van der Waals surface area contributed by atoms with Crippen LogP contribution in [0.25, 0.3) is 0 Å². The van der Waals surface area contributed by atoms with Gasteiger partial charge in [-0.2, -0.15) is 13.2 Å². The largest absolute Gasteiger partial charge is 0.416 e. The molecule has 1 amide bonds. The normalized spacial score (nSPS) is 19.1. The lowest BCUT2D eigenvalue weighted by atomic mass is 9.84. The minimum absolute atomic E-state index is 0.200. The molecule has 3 aromatic rings. The first-order valence-electron chi connectivity index (χ1n) is 15.4. The number of carbonyl (C=O) groups is 1. The van der Waals surface area contributed by atoms with Crippen molar-refractivity contribution >= 4 is 15.9 Å². The number of halogens is 3. The van der Waals surface area contributed by atoms with Crippen LogP contribution >= 0.6 is 0 Å². The Morgan fingerprint density at radius 1 is 0.932 bits per heavy atom. The first-order chi connectivity index (χ1) is 21.0. The van der Waals surface area contributed by atoms with Crippen molar-refractivity contribution in [2.75, 3.05) is 19.6 Å². The molecule has 1 heterocycles. The quantitative estimate of drug-likeness (QED) is 0.257. The zero-order chi connectivity index (χ0) is 31.3. The van der Waals surface area contributed by atoms with Crippen molar-refractivity contribution in [1.82, 2.24) is 14.9 Å². The number of aryl methyl sites for hydroxylation is 1. The van der Waals surface area contributed by atoms with Crippen molar-refractivity contribution in [1.29, 1.82) is 0 Å². The van der Waals surface area contributed by atoms with E-state index in [1.165, 1.54) is 30.4 Å². The summed E-state index contributed by atoms with van der Waals surface area (Å²) in [5.74, 6) is 0.0656. The van der Waals surface area contributed by atoms with Gasteiger partial charge in [-0.1, -0.05) is 67.9 Å². The average molecular weight is 628 g/mol. The third-order valence-electron chi connectivity index (χ3n) is 8.73. The number of amides is 1. The van der Waals surface area contributed by atoms with E-state index in [1.807, 2.05) is 0 Å². The first kappa shape index (κ1) is 32.2. The fourth-order valence-electron chi connectivity index (χ4n) is 6.37. The number of sulfonamides is 1. The van der Waals surface area contributed by atoms with E-state index in [1.54, 1.807) is 30.3 Å². The van der Waals surface area contributed by atoms with Gasteiger partial charge in [0.25, 0.3) is 0 Å². The minimum Gasteiger partial charge on any atom is -0.349 e. The number of benzene rings is 3. The molecule has 2 N–H and O–H groups in total. The van der Waals surface area contributed by atoms with Crippen molar-refractivity contribution in [2.24, 2.45) is 0 Å². The minimum atomic E-state index is -4.69. The molecule has 10 heteroatoms. The zero-order valence-electron chi connectivity index (χ0n) is 24.9. The smallest absolute Gasteiger partial charge is 0.349 e. The number of alkyl halides is 3. The summed E-state index contributed by atoms with van der Waals surface area (Å²) in [5, 5.41) is 3.11. The molecule has 0 aromatic heterocycles. The van der Waals surface area contributed by atoms with Crippen LogP contribution in [0.4, 0.5) is 13.2 Å². The first-order valence-corrected chi connectivity index (χ1v) is 16.9. The van der Waals surface area contributed by atoms with Gasteiger partial charge >= 0.3 is 6.18 Å². The lowest BCUT2D eigenvalue weighted by Gasteiger charge is -2.31. The molecule has 6 nitrogen and oxygen atoms in total. The number of fused-ring (bicyclic) bond motifs is 1. The lowest BCUT2D eigenvalue weighted by Crippen LogP contribution is -2.36. The van der Waals surface area contributed by atoms with E-state index in [-0.39, 0.29) is 18.4 Å². The molecule has 2 aliphatic rings. The molecule has 1 aliphatic carbocycles. The topological polar surface area (TPSA) is 78.5 Å². The molecule has 0 radical (unpaired) electrons. The van der Waals surface area contributed by atoms with E-state index in [0.29, 0.717) is 17.5 Å². The lowest BCUT2D eigenvalue weighted by molar-refractivity contribution is -0.137. The average Bonchev–Trinajstić information content (AvgIpc) is 3.01. The van der Waals surface area contributed by atoms with E-state index in [2.05, 4.69) is 40.1 Å². The molecule has 3 aromatic carbocycles. The maximum absolute atomic E-state index is 13.4. The highest BCUT2D eigenvalue weighted by Crippen LogP contribution is 2.34. The van der Waals surface area contributed by atoms with Gasteiger partial charge < -0.3 is 10.2 Å². The fraction of sp³-hybridized carbons (Fsp3) is 0.441. The van der Waals surface area contributed by atoms with Crippen molar-refractivity contribution in [3.8, 4) is 0 Å². The molecule has 0 bridgehead atoms. The molecule has 44 heavy (non-hydrogen) atoms. The van der Waals surface area contributed by atoms with Crippen LogP contribution in [0, 0.1) is 0 Å². The Morgan fingerprint density at radius 2 is 1.68 bits per heavy atom. The third-order valence-corrected chi connectivity index (χ3v) is 10.2. The summed E-state index contributed by atoms with van der Waals surface area (Å²) in [6.07, 6.45) is 1.57. The van der Waals surface area contributed by atoms with Gasteiger partial charge in [-0.25, -0.2) is 13.1 Å². The van der Waals surface area contributed by atoms with E-state index in [4.69, 9.17) is 0 Å². The van der Waals surface area contributed by atoms with E-state index < -0.39 is 32.7 Å².